The lowest BCUT2D eigenvalue weighted by atomic mass is 10.1. The Morgan fingerprint density at radius 3 is 2.75 bits per heavy atom. The molecule has 0 radical (unpaired) electrons. The maximum absolute atomic E-state index is 12.0. The predicted octanol–water partition coefficient (Wildman–Crippen LogP) is 3.00. The van der Waals surface area contributed by atoms with Gasteiger partial charge in [0.05, 0.1) is 17.4 Å². The molecule has 1 aromatic heterocycles. The van der Waals surface area contributed by atoms with Crippen molar-refractivity contribution in [3.63, 3.8) is 0 Å². The molecule has 0 spiro atoms. The van der Waals surface area contributed by atoms with Gasteiger partial charge in [0, 0.05) is 21.3 Å². The van der Waals surface area contributed by atoms with Crippen LogP contribution in [0.1, 0.15) is 16.0 Å². The van der Waals surface area contributed by atoms with Gasteiger partial charge < -0.3 is 0 Å². The highest BCUT2D eigenvalue weighted by Gasteiger charge is 2.14. The first kappa shape index (κ1) is 15.2. The Morgan fingerprint density at radius 1 is 1.35 bits per heavy atom. The topological polar surface area (TPSA) is 70.0 Å². The smallest absolute Gasteiger partial charge is 0.212 e. The third-order valence-electron chi connectivity index (χ3n) is 2.57. The fourth-order valence-electron chi connectivity index (χ4n) is 1.64. The number of nitriles is 1. The lowest BCUT2D eigenvalue weighted by Crippen LogP contribution is -2.24. The van der Waals surface area contributed by atoms with Crippen LogP contribution in [0.3, 0.4) is 0 Å². The molecule has 0 aliphatic heterocycles. The SMILES string of the molecule is N#Cc1ccccc1CS(=O)(=O)NCc1cc(Br)cs1. The van der Waals surface area contributed by atoms with Crippen LogP contribution in [0, 0.1) is 11.3 Å². The van der Waals surface area contributed by atoms with Crippen molar-refractivity contribution in [3.8, 4) is 6.07 Å². The minimum absolute atomic E-state index is 0.191. The van der Waals surface area contributed by atoms with E-state index in [1.165, 1.54) is 11.3 Å². The molecule has 20 heavy (non-hydrogen) atoms. The highest BCUT2D eigenvalue weighted by Crippen LogP contribution is 2.20. The van der Waals surface area contributed by atoms with Gasteiger partial charge in [0.25, 0.3) is 0 Å². The minimum Gasteiger partial charge on any atom is -0.212 e. The molecule has 0 amide bonds. The van der Waals surface area contributed by atoms with Crippen molar-refractivity contribution >= 4 is 37.3 Å². The molecule has 7 heteroatoms. The number of thiophene rings is 1. The van der Waals surface area contributed by atoms with Crippen molar-refractivity contribution in [2.45, 2.75) is 12.3 Å². The van der Waals surface area contributed by atoms with Crippen LogP contribution in [0.4, 0.5) is 0 Å². The summed E-state index contributed by atoms with van der Waals surface area (Å²) in [6, 6.07) is 10.6. The monoisotopic (exact) mass is 370 g/mol. The molecule has 104 valence electrons. The van der Waals surface area contributed by atoms with Crippen LogP contribution < -0.4 is 4.72 Å². The molecule has 2 rings (SSSR count). The van der Waals surface area contributed by atoms with Crippen LogP contribution in [0.5, 0.6) is 0 Å². The van der Waals surface area contributed by atoms with Crippen molar-refractivity contribution in [2.24, 2.45) is 0 Å². The zero-order valence-electron chi connectivity index (χ0n) is 10.3. The van der Waals surface area contributed by atoms with Crippen LogP contribution in [-0.2, 0) is 22.3 Å². The maximum atomic E-state index is 12.0. The van der Waals surface area contributed by atoms with E-state index in [0.717, 1.165) is 9.35 Å². The van der Waals surface area contributed by atoms with E-state index >= 15 is 0 Å². The molecular formula is C13H11BrN2O2S2. The largest absolute Gasteiger partial charge is 0.216 e. The normalized spacial score (nSPS) is 11.2. The zero-order valence-corrected chi connectivity index (χ0v) is 13.6. The molecule has 0 atom stereocenters. The predicted molar refractivity (Wildman–Crippen MR) is 82.6 cm³/mol. The summed E-state index contributed by atoms with van der Waals surface area (Å²) in [4.78, 5) is 0.925. The van der Waals surface area contributed by atoms with Gasteiger partial charge in [0.1, 0.15) is 0 Å². The van der Waals surface area contributed by atoms with E-state index in [9.17, 15) is 8.42 Å². The third kappa shape index (κ3) is 4.15. The van der Waals surface area contributed by atoms with E-state index in [2.05, 4.69) is 20.7 Å². The van der Waals surface area contributed by atoms with Gasteiger partial charge in [0.2, 0.25) is 10.0 Å². The van der Waals surface area contributed by atoms with E-state index in [4.69, 9.17) is 5.26 Å². The van der Waals surface area contributed by atoms with Crippen molar-refractivity contribution in [2.75, 3.05) is 0 Å². The van der Waals surface area contributed by atoms with Gasteiger partial charge in [-0.25, -0.2) is 13.1 Å². The van der Waals surface area contributed by atoms with Crippen LogP contribution in [0.2, 0.25) is 0 Å². The molecule has 4 nitrogen and oxygen atoms in total. The van der Waals surface area contributed by atoms with Gasteiger partial charge in [-0.2, -0.15) is 5.26 Å². The van der Waals surface area contributed by atoms with Gasteiger partial charge in [-0.05, 0) is 33.6 Å². The number of nitrogens with zero attached hydrogens (tertiary/aromatic N) is 1. The lowest BCUT2D eigenvalue weighted by molar-refractivity contribution is 0.581. The first-order valence-corrected chi connectivity index (χ1v) is 9.01. The first-order valence-electron chi connectivity index (χ1n) is 5.68. The summed E-state index contributed by atoms with van der Waals surface area (Å²) in [5, 5.41) is 10.9. The Kier molecular flexibility index (Phi) is 4.94. The van der Waals surface area contributed by atoms with E-state index < -0.39 is 10.0 Å². The first-order chi connectivity index (χ1) is 9.50. The number of rotatable bonds is 5. The molecule has 1 heterocycles. The number of hydrogen-bond donors (Lipinski definition) is 1. The quantitative estimate of drug-likeness (QED) is 0.879. The Balaban J connectivity index is 2.06. The summed E-state index contributed by atoms with van der Waals surface area (Å²) in [5.74, 6) is -0.191. The van der Waals surface area contributed by atoms with Crippen molar-refractivity contribution in [3.05, 3.63) is 56.2 Å². The van der Waals surface area contributed by atoms with Crippen LogP contribution in [0.15, 0.2) is 40.2 Å². The second-order valence-corrected chi connectivity index (χ2v) is 7.80. The average molecular weight is 371 g/mol. The molecule has 1 N–H and O–H groups in total. The Hall–Kier alpha value is -1.20. The second-order valence-electron chi connectivity index (χ2n) is 4.08. The standard InChI is InChI=1S/C13H11BrN2O2S2/c14-12-5-13(19-8-12)7-16-20(17,18)9-11-4-2-1-3-10(11)6-15/h1-5,8,16H,7,9H2. The summed E-state index contributed by atoms with van der Waals surface area (Å²) >= 11 is 4.80. The summed E-state index contributed by atoms with van der Waals surface area (Å²) in [5.41, 5.74) is 0.895. The summed E-state index contributed by atoms with van der Waals surface area (Å²) in [6.45, 7) is 0.257. The number of hydrogen-bond acceptors (Lipinski definition) is 4. The molecule has 0 aliphatic carbocycles. The van der Waals surface area contributed by atoms with Gasteiger partial charge in [0.15, 0.2) is 0 Å². The summed E-state index contributed by atoms with van der Waals surface area (Å²) in [7, 11) is -3.47. The fraction of sp³-hybridized carbons (Fsp3) is 0.154. The third-order valence-corrected chi connectivity index (χ3v) is 5.54. The molecule has 0 aliphatic rings. The van der Waals surface area contributed by atoms with Crippen molar-refractivity contribution in [1.82, 2.24) is 4.72 Å². The lowest BCUT2D eigenvalue weighted by Gasteiger charge is -2.07. The fourth-order valence-corrected chi connectivity index (χ4v) is 4.26. The van der Waals surface area contributed by atoms with Crippen LogP contribution in [-0.4, -0.2) is 8.42 Å². The second kappa shape index (κ2) is 6.50. The number of halogens is 1. The molecule has 0 fully saturated rings. The minimum atomic E-state index is -3.47. The Bertz CT molecular complexity index is 748. The van der Waals surface area contributed by atoms with Crippen LogP contribution >= 0.6 is 27.3 Å². The van der Waals surface area contributed by atoms with E-state index in [0.29, 0.717) is 11.1 Å². The summed E-state index contributed by atoms with van der Waals surface area (Å²) < 4.78 is 27.5. The van der Waals surface area contributed by atoms with E-state index in [-0.39, 0.29) is 12.3 Å². The molecule has 0 saturated heterocycles. The van der Waals surface area contributed by atoms with Crippen LogP contribution in [0.25, 0.3) is 0 Å². The van der Waals surface area contributed by atoms with Crippen molar-refractivity contribution in [1.29, 1.82) is 5.26 Å². The number of benzene rings is 1. The van der Waals surface area contributed by atoms with E-state index in [1.807, 2.05) is 17.5 Å². The molecule has 2 aromatic rings. The highest BCUT2D eigenvalue weighted by atomic mass is 79.9. The molecule has 0 bridgehead atoms. The number of nitrogens with one attached hydrogen (secondary N) is 1. The van der Waals surface area contributed by atoms with E-state index in [1.54, 1.807) is 24.3 Å². The number of sulfonamides is 1. The average Bonchev–Trinajstić information content (AvgIpc) is 2.83. The van der Waals surface area contributed by atoms with Gasteiger partial charge >= 0.3 is 0 Å². The van der Waals surface area contributed by atoms with Gasteiger partial charge in [-0.15, -0.1) is 11.3 Å². The Morgan fingerprint density at radius 2 is 2.10 bits per heavy atom. The van der Waals surface area contributed by atoms with Crippen molar-refractivity contribution < 1.29 is 8.42 Å². The van der Waals surface area contributed by atoms with Gasteiger partial charge in [-0.1, -0.05) is 18.2 Å². The molecular weight excluding hydrogens is 360 g/mol. The zero-order chi connectivity index (χ0) is 14.6. The van der Waals surface area contributed by atoms with Gasteiger partial charge in [-0.3, -0.25) is 0 Å². The molecule has 0 saturated carbocycles. The molecule has 1 aromatic carbocycles. The maximum Gasteiger partial charge on any atom is 0.216 e. The molecule has 0 unspecified atom stereocenters. The Labute approximate surface area is 130 Å². The highest BCUT2D eigenvalue weighted by molar-refractivity contribution is 9.10. The summed E-state index contributed by atoms with van der Waals surface area (Å²) in [6.07, 6.45) is 0.